The predicted octanol–water partition coefficient (Wildman–Crippen LogP) is 4.60. The number of hydrogen-bond donors (Lipinski definition) is 1. The average molecular weight is 499 g/mol. The first-order valence-electron chi connectivity index (χ1n) is 12.2. The quantitative estimate of drug-likeness (QED) is 0.444. The standard InChI is InChI=1S/C27H26N6O2S/c1-17(34)29-27-30-22-10-9-21-23(19-8-5-13-28-16-19)31-33(24(21)25(22)36-27)20-11-14-32(15-12-20)26(35)18-6-3-2-4-7-18/h2-8,13,16,20H,9-12,14-15H2,1H3,(H,29,30,34). The Labute approximate surface area is 213 Å². The first kappa shape index (κ1) is 22.6. The summed E-state index contributed by atoms with van der Waals surface area (Å²) in [6.45, 7) is 2.87. The third kappa shape index (κ3) is 4.09. The molecule has 1 aliphatic carbocycles. The lowest BCUT2D eigenvalue weighted by atomic mass is 9.95. The number of nitrogens with zero attached hydrogens (tertiary/aromatic N) is 5. The number of fused-ring (bicyclic) bond motifs is 3. The zero-order valence-corrected chi connectivity index (χ0v) is 20.8. The number of pyridine rings is 1. The van der Waals surface area contributed by atoms with Gasteiger partial charge in [-0.05, 0) is 49.9 Å². The van der Waals surface area contributed by atoms with E-state index in [4.69, 9.17) is 10.1 Å². The molecule has 1 aromatic carbocycles. The van der Waals surface area contributed by atoms with E-state index in [0.29, 0.717) is 18.2 Å². The van der Waals surface area contributed by atoms with Crippen molar-refractivity contribution in [2.45, 2.75) is 38.6 Å². The normalized spacial score (nSPS) is 15.3. The molecule has 1 aliphatic heterocycles. The van der Waals surface area contributed by atoms with E-state index in [9.17, 15) is 9.59 Å². The fourth-order valence-electron chi connectivity index (χ4n) is 5.18. The summed E-state index contributed by atoms with van der Waals surface area (Å²) in [5.41, 5.74) is 5.99. The van der Waals surface area contributed by atoms with Crippen LogP contribution in [0.5, 0.6) is 0 Å². The van der Waals surface area contributed by atoms with Gasteiger partial charge in [0.2, 0.25) is 5.91 Å². The Morgan fingerprint density at radius 2 is 1.86 bits per heavy atom. The molecule has 2 amide bonds. The van der Waals surface area contributed by atoms with Crippen LogP contribution in [0.3, 0.4) is 0 Å². The monoisotopic (exact) mass is 498 g/mol. The summed E-state index contributed by atoms with van der Waals surface area (Å²) in [6, 6.07) is 13.6. The van der Waals surface area contributed by atoms with E-state index >= 15 is 0 Å². The minimum Gasteiger partial charge on any atom is -0.338 e. The molecule has 0 radical (unpaired) electrons. The van der Waals surface area contributed by atoms with Crippen molar-refractivity contribution in [1.29, 1.82) is 0 Å². The van der Waals surface area contributed by atoms with Crippen molar-refractivity contribution in [3.63, 3.8) is 0 Å². The number of rotatable bonds is 4. The Bertz CT molecular complexity index is 1420. The van der Waals surface area contributed by atoms with Crippen LogP contribution < -0.4 is 5.32 Å². The second kappa shape index (κ2) is 9.31. The molecule has 1 N–H and O–H groups in total. The van der Waals surface area contributed by atoms with Crippen LogP contribution in [0.4, 0.5) is 5.13 Å². The van der Waals surface area contributed by atoms with Crippen molar-refractivity contribution in [3.8, 4) is 21.8 Å². The van der Waals surface area contributed by atoms with Crippen LogP contribution in [-0.4, -0.2) is 49.6 Å². The Hall–Kier alpha value is -3.85. The molecule has 9 heteroatoms. The van der Waals surface area contributed by atoms with Crippen LogP contribution in [0, 0.1) is 0 Å². The molecule has 3 aromatic heterocycles. The molecular weight excluding hydrogens is 472 g/mol. The summed E-state index contributed by atoms with van der Waals surface area (Å²) >= 11 is 1.51. The van der Waals surface area contributed by atoms with E-state index < -0.39 is 0 Å². The van der Waals surface area contributed by atoms with Gasteiger partial charge in [0.1, 0.15) is 0 Å². The number of benzene rings is 1. The summed E-state index contributed by atoms with van der Waals surface area (Å²) in [5, 5.41) is 8.62. The molecule has 0 atom stereocenters. The second-order valence-corrected chi connectivity index (χ2v) is 10.2. The molecule has 0 spiro atoms. The molecule has 36 heavy (non-hydrogen) atoms. The molecule has 0 bridgehead atoms. The van der Waals surface area contributed by atoms with Gasteiger partial charge in [-0.1, -0.05) is 29.5 Å². The highest BCUT2D eigenvalue weighted by molar-refractivity contribution is 7.19. The van der Waals surface area contributed by atoms with E-state index in [-0.39, 0.29) is 17.9 Å². The van der Waals surface area contributed by atoms with Crippen molar-refractivity contribution in [3.05, 3.63) is 71.7 Å². The van der Waals surface area contributed by atoms with Crippen molar-refractivity contribution < 1.29 is 9.59 Å². The molecule has 4 heterocycles. The Morgan fingerprint density at radius 1 is 1.06 bits per heavy atom. The smallest absolute Gasteiger partial charge is 0.253 e. The van der Waals surface area contributed by atoms with E-state index in [1.807, 2.05) is 53.6 Å². The fraction of sp³-hybridized carbons (Fsp3) is 0.296. The minimum absolute atomic E-state index is 0.0808. The van der Waals surface area contributed by atoms with Crippen LogP contribution in [0.15, 0.2) is 54.9 Å². The highest BCUT2D eigenvalue weighted by atomic mass is 32.1. The third-order valence-corrected chi connectivity index (χ3v) is 7.89. The van der Waals surface area contributed by atoms with Gasteiger partial charge in [-0.3, -0.25) is 19.3 Å². The van der Waals surface area contributed by atoms with E-state index in [0.717, 1.165) is 58.8 Å². The number of aryl methyl sites for hydroxylation is 1. The Morgan fingerprint density at radius 3 is 2.58 bits per heavy atom. The number of nitrogens with one attached hydrogen (secondary N) is 1. The van der Waals surface area contributed by atoms with Crippen molar-refractivity contribution in [2.75, 3.05) is 18.4 Å². The summed E-state index contributed by atoms with van der Waals surface area (Å²) in [6.07, 6.45) is 6.92. The van der Waals surface area contributed by atoms with Crippen LogP contribution in [0.1, 0.15) is 47.4 Å². The predicted molar refractivity (Wildman–Crippen MR) is 139 cm³/mol. The average Bonchev–Trinajstić information content (AvgIpc) is 3.50. The molecule has 6 rings (SSSR count). The van der Waals surface area contributed by atoms with Crippen LogP contribution in [0.25, 0.3) is 21.8 Å². The minimum atomic E-state index is -0.124. The van der Waals surface area contributed by atoms with Gasteiger partial charge in [0.15, 0.2) is 5.13 Å². The zero-order valence-electron chi connectivity index (χ0n) is 20.0. The molecule has 8 nitrogen and oxygen atoms in total. The highest BCUT2D eigenvalue weighted by Gasteiger charge is 2.33. The maximum Gasteiger partial charge on any atom is 0.253 e. The molecular formula is C27H26N6O2S. The first-order chi connectivity index (χ1) is 17.6. The maximum atomic E-state index is 13.0. The molecule has 1 fully saturated rings. The lowest BCUT2D eigenvalue weighted by Crippen LogP contribution is -2.39. The molecule has 4 aromatic rings. The molecule has 0 unspecified atom stereocenters. The highest BCUT2D eigenvalue weighted by Crippen LogP contribution is 2.45. The number of likely N-dealkylation sites (tertiary alicyclic amines) is 1. The van der Waals surface area contributed by atoms with Gasteiger partial charge in [0, 0.05) is 49.1 Å². The molecule has 2 aliphatic rings. The van der Waals surface area contributed by atoms with Gasteiger partial charge in [-0.25, -0.2) is 4.98 Å². The van der Waals surface area contributed by atoms with Crippen molar-refractivity contribution >= 4 is 28.3 Å². The van der Waals surface area contributed by atoms with E-state index in [2.05, 4.69) is 15.0 Å². The molecule has 0 saturated carbocycles. The Kier molecular flexibility index (Phi) is 5.85. The summed E-state index contributed by atoms with van der Waals surface area (Å²) in [5.74, 6) is -0.0429. The largest absolute Gasteiger partial charge is 0.338 e. The van der Waals surface area contributed by atoms with Gasteiger partial charge in [0.25, 0.3) is 5.91 Å². The van der Waals surface area contributed by atoms with Gasteiger partial charge in [-0.15, -0.1) is 0 Å². The maximum absolute atomic E-state index is 13.0. The van der Waals surface area contributed by atoms with Gasteiger partial charge in [0.05, 0.1) is 28.0 Å². The van der Waals surface area contributed by atoms with Crippen LogP contribution in [-0.2, 0) is 17.6 Å². The fourth-order valence-corrected chi connectivity index (χ4v) is 6.30. The Balaban J connectivity index is 1.35. The van der Waals surface area contributed by atoms with Crippen molar-refractivity contribution in [2.24, 2.45) is 0 Å². The first-order valence-corrected chi connectivity index (χ1v) is 13.0. The topological polar surface area (TPSA) is 93.0 Å². The molecule has 1 saturated heterocycles. The SMILES string of the molecule is CC(=O)Nc1nc2c(s1)-c1c(c(-c3cccnc3)nn1C1CCN(C(=O)c3ccccc3)CC1)CC2. The number of anilines is 1. The summed E-state index contributed by atoms with van der Waals surface area (Å²) in [7, 11) is 0. The van der Waals surface area contributed by atoms with Crippen molar-refractivity contribution in [1.82, 2.24) is 24.6 Å². The number of hydrogen-bond acceptors (Lipinski definition) is 6. The van der Waals surface area contributed by atoms with Gasteiger partial charge < -0.3 is 10.2 Å². The van der Waals surface area contributed by atoms with E-state index in [1.54, 1.807) is 6.20 Å². The number of piperidine rings is 1. The molecule has 182 valence electrons. The number of thiazole rings is 1. The van der Waals surface area contributed by atoms with Gasteiger partial charge in [-0.2, -0.15) is 5.10 Å². The lowest BCUT2D eigenvalue weighted by Gasteiger charge is -2.33. The second-order valence-electron chi connectivity index (χ2n) is 9.23. The third-order valence-electron chi connectivity index (χ3n) is 6.87. The number of carbonyl (C=O) groups excluding carboxylic acids is 2. The number of carbonyl (C=O) groups is 2. The van der Waals surface area contributed by atoms with E-state index in [1.165, 1.54) is 23.8 Å². The van der Waals surface area contributed by atoms with Gasteiger partial charge >= 0.3 is 0 Å². The number of amides is 2. The van der Waals surface area contributed by atoms with Crippen LogP contribution in [0.2, 0.25) is 0 Å². The number of aromatic nitrogens is 4. The lowest BCUT2D eigenvalue weighted by molar-refractivity contribution is -0.114. The van der Waals surface area contributed by atoms with Crippen LogP contribution >= 0.6 is 11.3 Å². The summed E-state index contributed by atoms with van der Waals surface area (Å²) in [4.78, 5) is 36.7. The summed E-state index contributed by atoms with van der Waals surface area (Å²) < 4.78 is 2.16. The zero-order chi connectivity index (χ0) is 24.6.